The molecule has 100 valence electrons. The minimum Gasteiger partial charge on any atom is -0.301 e. The molecule has 2 heterocycles. The van der Waals surface area contributed by atoms with Gasteiger partial charge in [0.25, 0.3) is 0 Å². The van der Waals surface area contributed by atoms with Crippen molar-refractivity contribution in [3.8, 4) is 0 Å². The maximum absolute atomic E-state index is 11.5. The minimum atomic E-state index is -0.0514. The molecule has 0 radical (unpaired) electrons. The minimum absolute atomic E-state index is 0.0514. The third-order valence-corrected chi connectivity index (χ3v) is 4.37. The van der Waals surface area contributed by atoms with E-state index in [9.17, 15) is 4.79 Å². The molecule has 0 unspecified atom stereocenters. The standard InChI is InChI=1S/C13H22N4O/c18-13-15-14-12-6-7-16(8-9-17(12)13)10-11-4-2-1-3-5-11/h11H,1-10H2,(H,15,18). The fraction of sp³-hybridized carbons (Fsp3) is 0.846. The number of hydrogen-bond donors (Lipinski definition) is 1. The second-order valence-electron chi connectivity index (χ2n) is 5.65. The summed E-state index contributed by atoms with van der Waals surface area (Å²) < 4.78 is 1.79. The first-order valence-corrected chi connectivity index (χ1v) is 7.19. The molecule has 0 amide bonds. The van der Waals surface area contributed by atoms with Crippen LogP contribution in [0.2, 0.25) is 0 Å². The van der Waals surface area contributed by atoms with E-state index >= 15 is 0 Å². The zero-order valence-corrected chi connectivity index (χ0v) is 10.9. The summed E-state index contributed by atoms with van der Waals surface area (Å²) in [7, 11) is 0. The van der Waals surface area contributed by atoms with Crippen molar-refractivity contribution in [3.05, 3.63) is 16.3 Å². The molecule has 1 N–H and O–H groups in total. The molecule has 2 aliphatic rings. The first-order valence-electron chi connectivity index (χ1n) is 7.19. The van der Waals surface area contributed by atoms with Gasteiger partial charge < -0.3 is 4.90 Å². The van der Waals surface area contributed by atoms with E-state index in [0.717, 1.165) is 37.8 Å². The number of nitrogens with zero attached hydrogens (tertiary/aromatic N) is 3. The highest BCUT2D eigenvalue weighted by molar-refractivity contribution is 4.90. The number of H-pyrrole nitrogens is 1. The predicted molar refractivity (Wildman–Crippen MR) is 69.6 cm³/mol. The van der Waals surface area contributed by atoms with Crippen LogP contribution in [0.15, 0.2) is 4.79 Å². The zero-order chi connectivity index (χ0) is 12.4. The van der Waals surface area contributed by atoms with Gasteiger partial charge in [0.15, 0.2) is 0 Å². The number of aromatic nitrogens is 3. The Bertz CT molecular complexity index is 444. The van der Waals surface area contributed by atoms with Crippen LogP contribution in [-0.2, 0) is 13.0 Å². The maximum Gasteiger partial charge on any atom is 0.343 e. The highest BCUT2D eigenvalue weighted by Crippen LogP contribution is 2.24. The normalized spacial score (nSPS) is 22.7. The summed E-state index contributed by atoms with van der Waals surface area (Å²) >= 11 is 0. The van der Waals surface area contributed by atoms with Crippen LogP contribution in [-0.4, -0.2) is 39.3 Å². The van der Waals surface area contributed by atoms with Crippen LogP contribution < -0.4 is 5.69 Å². The van der Waals surface area contributed by atoms with Crippen molar-refractivity contribution >= 4 is 0 Å². The van der Waals surface area contributed by atoms with Crippen LogP contribution in [0.1, 0.15) is 37.9 Å². The molecule has 18 heavy (non-hydrogen) atoms. The van der Waals surface area contributed by atoms with Gasteiger partial charge in [0.05, 0.1) is 0 Å². The Kier molecular flexibility index (Phi) is 3.50. The van der Waals surface area contributed by atoms with Crippen molar-refractivity contribution in [2.75, 3.05) is 19.6 Å². The Balaban J connectivity index is 1.59. The van der Waals surface area contributed by atoms with Gasteiger partial charge in [-0.1, -0.05) is 19.3 Å². The van der Waals surface area contributed by atoms with Gasteiger partial charge in [-0.2, -0.15) is 5.10 Å². The SMILES string of the molecule is O=c1[nH]nc2n1CCN(CC1CCCCC1)CC2. The molecule has 1 aromatic heterocycles. The summed E-state index contributed by atoms with van der Waals surface area (Å²) in [6.07, 6.45) is 7.90. The number of aromatic amines is 1. The van der Waals surface area contributed by atoms with E-state index in [2.05, 4.69) is 15.1 Å². The largest absolute Gasteiger partial charge is 0.343 e. The van der Waals surface area contributed by atoms with Crippen LogP contribution in [0.3, 0.4) is 0 Å². The molecule has 1 fully saturated rings. The van der Waals surface area contributed by atoms with Crippen LogP contribution in [0.5, 0.6) is 0 Å². The van der Waals surface area contributed by atoms with E-state index in [-0.39, 0.29) is 5.69 Å². The van der Waals surface area contributed by atoms with Crippen LogP contribution >= 0.6 is 0 Å². The van der Waals surface area contributed by atoms with Gasteiger partial charge in [-0.3, -0.25) is 4.57 Å². The second-order valence-corrected chi connectivity index (χ2v) is 5.65. The van der Waals surface area contributed by atoms with E-state index in [1.165, 1.54) is 38.6 Å². The number of hydrogen-bond acceptors (Lipinski definition) is 3. The highest BCUT2D eigenvalue weighted by Gasteiger charge is 2.20. The molecular formula is C13H22N4O. The molecule has 5 heteroatoms. The lowest BCUT2D eigenvalue weighted by Crippen LogP contribution is -2.33. The molecule has 0 saturated heterocycles. The van der Waals surface area contributed by atoms with Gasteiger partial charge in [0, 0.05) is 32.6 Å². The fourth-order valence-electron chi connectivity index (χ4n) is 3.30. The van der Waals surface area contributed by atoms with Gasteiger partial charge in [-0.15, -0.1) is 0 Å². The lowest BCUT2D eigenvalue weighted by atomic mass is 9.89. The fourth-order valence-corrected chi connectivity index (χ4v) is 3.30. The first-order chi connectivity index (χ1) is 8.83. The van der Waals surface area contributed by atoms with Gasteiger partial charge in [0.1, 0.15) is 5.82 Å². The number of rotatable bonds is 2. The Morgan fingerprint density at radius 1 is 1.17 bits per heavy atom. The Hall–Kier alpha value is -1.10. The summed E-state index contributed by atoms with van der Waals surface area (Å²) in [5.74, 6) is 1.80. The molecular weight excluding hydrogens is 228 g/mol. The predicted octanol–water partition coefficient (Wildman–Crippen LogP) is 1.01. The maximum atomic E-state index is 11.5. The van der Waals surface area contributed by atoms with Crippen molar-refractivity contribution in [1.82, 2.24) is 19.7 Å². The van der Waals surface area contributed by atoms with E-state index < -0.39 is 0 Å². The van der Waals surface area contributed by atoms with Crippen molar-refractivity contribution in [1.29, 1.82) is 0 Å². The van der Waals surface area contributed by atoms with Gasteiger partial charge in [-0.05, 0) is 18.8 Å². The van der Waals surface area contributed by atoms with Gasteiger partial charge in [-0.25, -0.2) is 9.89 Å². The van der Waals surface area contributed by atoms with E-state index in [4.69, 9.17) is 0 Å². The average molecular weight is 250 g/mol. The first kappa shape index (κ1) is 12.0. The molecule has 5 nitrogen and oxygen atoms in total. The van der Waals surface area contributed by atoms with E-state index in [0.29, 0.717) is 0 Å². The number of fused-ring (bicyclic) bond motifs is 1. The highest BCUT2D eigenvalue weighted by atomic mass is 16.1. The van der Waals surface area contributed by atoms with Crippen molar-refractivity contribution in [3.63, 3.8) is 0 Å². The van der Waals surface area contributed by atoms with E-state index in [1.54, 1.807) is 4.57 Å². The second kappa shape index (κ2) is 5.26. The third kappa shape index (κ3) is 2.51. The smallest absolute Gasteiger partial charge is 0.301 e. The Morgan fingerprint density at radius 2 is 2.00 bits per heavy atom. The molecule has 1 aromatic rings. The summed E-state index contributed by atoms with van der Waals surface area (Å²) in [6.45, 7) is 4.03. The van der Waals surface area contributed by atoms with Crippen molar-refractivity contribution < 1.29 is 0 Å². The molecule has 0 spiro atoms. The number of nitrogens with one attached hydrogen (secondary N) is 1. The molecule has 0 atom stereocenters. The molecule has 3 rings (SSSR count). The summed E-state index contributed by atoms with van der Waals surface area (Å²) in [5, 5.41) is 6.64. The molecule has 1 aliphatic carbocycles. The summed E-state index contributed by atoms with van der Waals surface area (Å²) in [5.41, 5.74) is -0.0514. The average Bonchev–Trinajstić information content (AvgIpc) is 2.63. The third-order valence-electron chi connectivity index (χ3n) is 4.37. The molecule has 1 aliphatic heterocycles. The van der Waals surface area contributed by atoms with Crippen molar-refractivity contribution in [2.24, 2.45) is 5.92 Å². The zero-order valence-electron chi connectivity index (χ0n) is 10.9. The quantitative estimate of drug-likeness (QED) is 0.852. The van der Waals surface area contributed by atoms with Crippen LogP contribution in [0, 0.1) is 5.92 Å². The monoisotopic (exact) mass is 250 g/mol. The van der Waals surface area contributed by atoms with Crippen LogP contribution in [0.4, 0.5) is 0 Å². The molecule has 1 saturated carbocycles. The van der Waals surface area contributed by atoms with Gasteiger partial charge >= 0.3 is 5.69 Å². The lowest BCUT2D eigenvalue weighted by molar-refractivity contribution is 0.203. The molecule has 0 aromatic carbocycles. The van der Waals surface area contributed by atoms with Crippen LogP contribution in [0.25, 0.3) is 0 Å². The van der Waals surface area contributed by atoms with Crippen molar-refractivity contribution in [2.45, 2.75) is 45.1 Å². The topological polar surface area (TPSA) is 53.9 Å². The van der Waals surface area contributed by atoms with E-state index in [1.807, 2.05) is 0 Å². The molecule has 0 bridgehead atoms. The summed E-state index contributed by atoms with van der Waals surface area (Å²) in [4.78, 5) is 14.1. The Labute approximate surface area is 107 Å². The Morgan fingerprint density at radius 3 is 2.83 bits per heavy atom. The lowest BCUT2D eigenvalue weighted by Gasteiger charge is -2.28. The van der Waals surface area contributed by atoms with Gasteiger partial charge in [0.2, 0.25) is 0 Å². The summed E-state index contributed by atoms with van der Waals surface area (Å²) in [6, 6.07) is 0.